The predicted octanol–water partition coefficient (Wildman–Crippen LogP) is 1.30. The van der Waals surface area contributed by atoms with Crippen LogP contribution in [-0.2, 0) is 16.1 Å². The van der Waals surface area contributed by atoms with E-state index in [0.717, 1.165) is 17.4 Å². The molecule has 0 aliphatic carbocycles. The summed E-state index contributed by atoms with van der Waals surface area (Å²) in [5.41, 5.74) is 2.06. The van der Waals surface area contributed by atoms with Gasteiger partial charge in [-0.2, -0.15) is 0 Å². The molecule has 1 saturated heterocycles. The second-order valence-corrected chi connectivity index (χ2v) is 4.13. The molecule has 2 unspecified atom stereocenters. The van der Waals surface area contributed by atoms with Crippen LogP contribution in [0.15, 0.2) is 24.3 Å². The number of amides is 1. The van der Waals surface area contributed by atoms with Gasteiger partial charge in [-0.1, -0.05) is 24.3 Å². The number of hydrogen-bond donors (Lipinski definition) is 0. The van der Waals surface area contributed by atoms with Crippen LogP contribution in [0.3, 0.4) is 0 Å². The highest BCUT2D eigenvalue weighted by molar-refractivity contribution is 5.75. The first kappa shape index (κ1) is 9.39. The van der Waals surface area contributed by atoms with Crippen molar-refractivity contribution in [2.45, 2.75) is 18.5 Å². The average molecular weight is 217 g/mol. The fourth-order valence-corrected chi connectivity index (χ4v) is 2.50. The first-order valence-corrected chi connectivity index (χ1v) is 5.28. The molecule has 0 radical (unpaired) electrons. The Morgan fingerprint density at radius 1 is 1.38 bits per heavy atom. The Bertz CT molecular complexity index is 457. The van der Waals surface area contributed by atoms with Crippen molar-refractivity contribution < 1.29 is 14.3 Å². The monoisotopic (exact) mass is 217 g/mol. The fourth-order valence-electron chi connectivity index (χ4n) is 2.50. The summed E-state index contributed by atoms with van der Waals surface area (Å²) in [6, 6.07) is 7.62. The Labute approximate surface area is 92.8 Å². The zero-order valence-corrected chi connectivity index (χ0v) is 8.63. The van der Waals surface area contributed by atoms with Crippen molar-refractivity contribution in [3.8, 4) is 0 Å². The Hall–Kier alpha value is -1.84. The summed E-state index contributed by atoms with van der Waals surface area (Å²) in [4.78, 5) is 24.3. The number of ether oxygens (including phenoxy) is 1. The molecule has 2 heterocycles. The van der Waals surface area contributed by atoms with Gasteiger partial charge in [0.1, 0.15) is 12.9 Å². The number of carbonyl (C=O) groups is 2. The SMILES string of the molecule is O=CC1c2ccccc2CN2C(=O)OCC12. The maximum Gasteiger partial charge on any atom is 0.410 e. The van der Waals surface area contributed by atoms with Crippen LogP contribution < -0.4 is 0 Å². The smallest absolute Gasteiger partial charge is 0.410 e. The molecule has 16 heavy (non-hydrogen) atoms. The van der Waals surface area contributed by atoms with E-state index in [1.807, 2.05) is 24.3 Å². The number of benzene rings is 1. The van der Waals surface area contributed by atoms with Gasteiger partial charge < -0.3 is 9.53 Å². The molecule has 82 valence electrons. The van der Waals surface area contributed by atoms with E-state index < -0.39 is 0 Å². The highest BCUT2D eigenvalue weighted by Gasteiger charge is 2.42. The lowest BCUT2D eigenvalue weighted by atomic mass is 9.85. The molecule has 4 heteroatoms. The van der Waals surface area contributed by atoms with Crippen LogP contribution in [0.1, 0.15) is 17.0 Å². The van der Waals surface area contributed by atoms with E-state index in [0.29, 0.717) is 13.2 Å². The maximum absolute atomic E-state index is 11.5. The van der Waals surface area contributed by atoms with Crippen LogP contribution >= 0.6 is 0 Å². The van der Waals surface area contributed by atoms with Gasteiger partial charge in [-0.3, -0.25) is 4.90 Å². The Kier molecular flexibility index (Phi) is 1.96. The summed E-state index contributed by atoms with van der Waals surface area (Å²) < 4.78 is 4.99. The average Bonchev–Trinajstić information content (AvgIpc) is 2.68. The molecule has 4 nitrogen and oxygen atoms in total. The van der Waals surface area contributed by atoms with Gasteiger partial charge in [-0.25, -0.2) is 4.79 Å². The van der Waals surface area contributed by atoms with E-state index in [4.69, 9.17) is 4.74 Å². The largest absolute Gasteiger partial charge is 0.447 e. The number of hydrogen-bond acceptors (Lipinski definition) is 3. The number of aldehydes is 1. The highest BCUT2D eigenvalue weighted by Crippen LogP contribution is 2.35. The number of fused-ring (bicyclic) bond motifs is 2. The Morgan fingerprint density at radius 2 is 2.19 bits per heavy atom. The third-order valence-electron chi connectivity index (χ3n) is 3.33. The van der Waals surface area contributed by atoms with Crippen LogP contribution in [0.5, 0.6) is 0 Å². The summed E-state index contributed by atoms with van der Waals surface area (Å²) in [7, 11) is 0. The second kappa shape index (κ2) is 3.33. The molecule has 1 aromatic rings. The van der Waals surface area contributed by atoms with Gasteiger partial charge in [0.2, 0.25) is 0 Å². The summed E-state index contributed by atoms with van der Waals surface area (Å²) in [5.74, 6) is -0.253. The molecule has 0 spiro atoms. The van der Waals surface area contributed by atoms with Gasteiger partial charge >= 0.3 is 6.09 Å². The van der Waals surface area contributed by atoms with Gasteiger partial charge in [-0.15, -0.1) is 0 Å². The molecule has 0 aromatic heterocycles. The lowest BCUT2D eigenvalue weighted by Gasteiger charge is -2.33. The molecule has 1 aromatic carbocycles. The van der Waals surface area contributed by atoms with E-state index >= 15 is 0 Å². The van der Waals surface area contributed by atoms with Crippen LogP contribution in [-0.4, -0.2) is 29.9 Å². The van der Waals surface area contributed by atoms with Crippen LogP contribution in [0, 0.1) is 0 Å². The highest BCUT2D eigenvalue weighted by atomic mass is 16.6. The molecule has 0 saturated carbocycles. The zero-order valence-electron chi connectivity index (χ0n) is 8.63. The quantitative estimate of drug-likeness (QED) is 0.666. The summed E-state index contributed by atoms with van der Waals surface area (Å²) >= 11 is 0. The minimum atomic E-state index is -0.314. The second-order valence-electron chi connectivity index (χ2n) is 4.13. The van der Waals surface area contributed by atoms with Crippen molar-refractivity contribution in [3.05, 3.63) is 35.4 Å². The lowest BCUT2D eigenvalue weighted by Crippen LogP contribution is -2.42. The van der Waals surface area contributed by atoms with Crippen molar-refractivity contribution in [1.29, 1.82) is 0 Å². The third-order valence-corrected chi connectivity index (χ3v) is 3.33. The molecular formula is C12H11NO3. The topological polar surface area (TPSA) is 46.6 Å². The molecule has 0 N–H and O–H groups in total. The zero-order chi connectivity index (χ0) is 11.1. The number of nitrogens with zero attached hydrogens (tertiary/aromatic N) is 1. The summed E-state index contributed by atoms with van der Waals surface area (Å²) in [6.45, 7) is 0.862. The molecule has 0 bridgehead atoms. The molecule has 2 aliphatic heterocycles. The van der Waals surface area contributed by atoms with Crippen LogP contribution in [0.2, 0.25) is 0 Å². The normalized spacial score (nSPS) is 27.0. The van der Waals surface area contributed by atoms with E-state index in [9.17, 15) is 9.59 Å². The van der Waals surface area contributed by atoms with Gasteiger partial charge in [0.15, 0.2) is 0 Å². The first-order chi connectivity index (χ1) is 7.81. The molecule has 1 fully saturated rings. The van der Waals surface area contributed by atoms with Crippen molar-refractivity contribution in [3.63, 3.8) is 0 Å². The minimum absolute atomic E-state index is 0.125. The van der Waals surface area contributed by atoms with E-state index in [1.165, 1.54) is 0 Å². The Morgan fingerprint density at radius 3 is 3.00 bits per heavy atom. The van der Waals surface area contributed by atoms with E-state index in [1.54, 1.807) is 4.90 Å². The van der Waals surface area contributed by atoms with Crippen LogP contribution in [0.25, 0.3) is 0 Å². The van der Waals surface area contributed by atoms with Gasteiger partial charge in [0, 0.05) is 6.54 Å². The van der Waals surface area contributed by atoms with Crippen LogP contribution in [0.4, 0.5) is 4.79 Å². The maximum atomic E-state index is 11.5. The molecule has 2 aliphatic rings. The molecule has 2 atom stereocenters. The van der Waals surface area contributed by atoms with Gasteiger partial charge in [0.05, 0.1) is 12.0 Å². The van der Waals surface area contributed by atoms with Crippen molar-refractivity contribution in [2.75, 3.05) is 6.61 Å². The van der Waals surface area contributed by atoms with E-state index in [-0.39, 0.29) is 18.1 Å². The minimum Gasteiger partial charge on any atom is -0.447 e. The molecule has 1 amide bonds. The molecule has 3 rings (SSSR count). The third kappa shape index (κ3) is 1.16. The van der Waals surface area contributed by atoms with Crippen molar-refractivity contribution >= 4 is 12.4 Å². The van der Waals surface area contributed by atoms with Crippen molar-refractivity contribution in [2.24, 2.45) is 0 Å². The lowest BCUT2D eigenvalue weighted by molar-refractivity contribution is -0.110. The van der Waals surface area contributed by atoms with E-state index in [2.05, 4.69) is 0 Å². The number of carbonyl (C=O) groups excluding carboxylic acids is 2. The summed E-state index contributed by atoms with van der Waals surface area (Å²) in [5, 5.41) is 0. The Balaban J connectivity index is 2.09. The predicted molar refractivity (Wildman–Crippen MR) is 55.9 cm³/mol. The van der Waals surface area contributed by atoms with Gasteiger partial charge in [0.25, 0.3) is 0 Å². The fraction of sp³-hybridized carbons (Fsp3) is 0.333. The number of cyclic esters (lactones) is 1. The molecular weight excluding hydrogens is 206 g/mol. The van der Waals surface area contributed by atoms with Crippen molar-refractivity contribution in [1.82, 2.24) is 4.90 Å². The summed E-state index contributed by atoms with van der Waals surface area (Å²) in [6.07, 6.45) is 0.601. The van der Waals surface area contributed by atoms with Gasteiger partial charge in [-0.05, 0) is 11.1 Å². The standard InChI is InChI=1S/C12H11NO3/c14-6-10-9-4-2-1-3-8(9)5-13-11(10)7-16-12(13)15/h1-4,6,10-11H,5,7H2. The first-order valence-electron chi connectivity index (χ1n) is 5.28. The number of rotatable bonds is 1.